The summed E-state index contributed by atoms with van der Waals surface area (Å²) < 4.78 is 27.6. The second-order valence-corrected chi connectivity index (χ2v) is 9.00. The molecule has 3 N–H and O–H groups in total. The molecule has 0 fully saturated rings. The molecule has 166 valence electrons. The van der Waals surface area contributed by atoms with Crippen LogP contribution in [0, 0.1) is 0 Å². The lowest BCUT2D eigenvalue weighted by molar-refractivity contribution is -0.116. The van der Waals surface area contributed by atoms with Gasteiger partial charge in [-0.3, -0.25) is 4.79 Å². The fourth-order valence-corrected chi connectivity index (χ4v) is 2.71. The minimum absolute atomic E-state index is 0.0424. The highest BCUT2D eigenvalue weighted by atomic mass is 32.2. The lowest BCUT2D eigenvalue weighted by atomic mass is 10.1. The number of hydrogen-bond acceptors (Lipinski definition) is 6. The smallest absolute Gasteiger partial charge is 0.244 e. The van der Waals surface area contributed by atoms with Crippen molar-refractivity contribution in [3.63, 3.8) is 0 Å². The van der Waals surface area contributed by atoms with Crippen molar-refractivity contribution in [1.29, 1.82) is 0 Å². The third-order valence-corrected chi connectivity index (χ3v) is 4.79. The Morgan fingerprint density at radius 2 is 1.83 bits per heavy atom. The Balaban J connectivity index is 2.44. The van der Waals surface area contributed by atoms with Crippen LogP contribution in [-0.4, -0.2) is 50.6 Å². The Kier molecular flexibility index (Phi) is 11.1. The molecule has 1 unspecified atom stereocenters. The quantitative estimate of drug-likeness (QED) is 0.342. The van der Waals surface area contributed by atoms with E-state index in [0.29, 0.717) is 17.9 Å². The number of aliphatic hydroxyl groups excluding tert-OH is 2. The Hall–Kier alpha value is -2.42. The maximum absolute atomic E-state index is 11.6. The summed E-state index contributed by atoms with van der Waals surface area (Å²) in [4.78, 5) is 11.6. The molecule has 30 heavy (non-hydrogen) atoms. The van der Waals surface area contributed by atoms with Gasteiger partial charge in [0.15, 0.2) is 9.84 Å². The summed E-state index contributed by atoms with van der Waals surface area (Å²) in [5, 5.41) is 22.4. The topological polar surface area (TPSA) is 113 Å². The molecule has 0 spiro atoms. The van der Waals surface area contributed by atoms with Crippen molar-refractivity contribution in [3.05, 3.63) is 64.6 Å². The Labute approximate surface area is 178 Å². The molecule has 1 amide bonds. The molecular weight excluding hydrogens is 406 g/mol. The molecule has 1 atom stereocenters. The van der Waals surface area contributed by atoms with Gasteiger partial charge in [-0.25, -0.2) is 8.42 Å². The summed E-state index contributed by atoms with van der Waals surface area (Å²) in [5.74, 6) is 0.0646. The van der Waals surface area contributed by atoms with Crippen LogP contribution in [0.3, 0.4) is 0 Å². The van der Waals surface area contributed by atoms with E-state index in [1.165, 1.54) is 5.57 Å². The average molecular weight is 438 g/mol. The first-order valence-corrected chi connectivity index (χ1v) is 11.5. The average Bonchev–Trinajstić information content (AvgIpc) is 2.70. The molecular formula is C22H31NO6S. The fraction of sp³-hybridized carbons (Fsp3) is 0.409. The van der Waals surface area contributed by atoms with E-state index in [1.807, 2.05) is 26.0 Å². The van der Waals surface area contributed by atoms with Gasteiger partial charge in [0.25, 0.3) is 0 Å². The highest BCUT2D eigenvalue weighted by Gasteiger charge is 2.09. The number of rotatable bonds is 12. The second-order valence-electron chi connectivity index (χ2n) is 7.07. The van der Waals surface area contributed by atoms with Gasteiger partial charge < -0.3 is 20.3 Å². The van der Waals surface area contributed by atoms with E-state index >= 15 is 0 Å². The minimum Gasteiger partial charge on any atom is -0.490 e. The maximum atomic E-state index is 11.6. The number of carbonyl (C=O) groups excluding carboxylic acids is 1. The van der Waals surface area contributed by atoms with Crippen LogP contribution in [0.1, 0.15) is 38.4 Å². The summed E-state index contributed by atoms with van der Waals surface area (Å²) in [6.45, 7) is 4.40. The number of nitrogens with one attached hydrogen (secondary N) is 1. The summed E-state index contributed by atoms with van der Waals surface area (Å²) in [5.41, 5.74) is 2.77. The van der Waals surface area contributed by atoms with Crippen molar-refractivity contribution in [2.45, 2.75) is 32.8 Å². The first-order valence-electron chi connectivity index (χ1n) is 9.59. The molecule has 1 rings (SSSR count). The molecule has 0 aliphatic rings. The number of ether oxygens (including phenoxy) is 1. The number of sulfone groups is 1. The lowest BCUT2D eigenvalue weighted by Crippen LogP contribution is -2.26. The predicted octanol–water partition coefficient (Wildman–Crippen LogP) is 2.44. The van der Waals surface area contributed by atoms with Gasteiger partial charge in [-0.15, -0.1) is 0 Å². The van der Waals surface area contributed by atoms with Gasteiger partial charge >= 0.3 is 0 Å². The number of allylic oxidation sites excluding steroid dienone is 2. The first-order chi connectivity index (χ1) is 14.1. The van der Waals surface area contributed by atoms with Crippen LogP contribution in [0.25, 0.3) is 0 Å². The summed E-state index contributed by atoms with van der Waals surface area (Å²) in [6.07, 6.45) is 6.78. The van der Waals surface area contributed by atoms with Crippen molar-refractivity contribution in [2.75, 3.05) is 26.0 Å². The van der Waals surface area contributed by atoms with Crippen LogP contribution < -0.4 is 10.1 Å². The van der Waals surface area contributed by atoms with Gasteiger partial charge in [0.2, 0.25) is 5.91 Å². The third kappa shape index (κ3) is 11.5. The number of carbonyl (C=O) groups is 1. The van der Waals surface area contributed by atoms with Gasteiger partial charge in [-0.2, -0.15) is 0 Å². The lowest BCUT2D eigenvalue weighted by Gasteiger charge is -2.12. The number of aliphatic hydroxyl groups is 2. The zero-order chi connectivity index (χ0) is 22.6. The van der Waals surface area contributed by atoms with Crippen molar-refractivity contribution in [1.82, 2.24) is 5.32 Å². The zero-order valence-corrected chi connectivity index (χ0v) is 18.5. The zero-order valence-electron chi connectivity index (χ0n) is 17.7. The third-order valence-electron chi connectivity index (χ3n) is 4.16. The van der Waals surface area contributed by atoms with Crippen molar-refractivity contribution < 1.29 is 28.2 Å². The van der Waals surface area contributed by atoms with Gasteiger partial charge in [0.05, 0.1) is 12.7 Å². The van der Waals surface area contributed by atoms with Crippen LogP contribution in [0.15, 0.2) is 59.0 Å². The van der Waals surface area contributed by atoms with E-state index in [9.17, 15) is 18.3 Å². The van der Waals surface area contributed by atoms with E-state index in [0.717, 1.165) is 36.2 Å². The molecule has 0 aliphatic carbocycles. The van der Waals surface area contributed by atoms with Gasteiger partial charge in [-0.1, -0.05) is 29.4 Å². The molecule has 1 aromatic carbocycles. The molecule has 0 bridgehead atoms. The highest BCUT2D eigenvalue weighted by Crippen LogP contribution is 2.18. The molecule has 8 heteroatoms. The van der Waals surface area contributed by atoms with Crippen LogP contribution in [0.5, 0.6) is 5.75 Å². The van der Waals surface area contributed by atoms with Gasteiger partial charge in [0.1, 0.15) is 12.4 Å². The van der Waals surface area contributed by atoms with E-state index in [4.69, 9.17) is 9.84 Å². The van der Waals surface area contributed by atoms with Crippen LogP contribution >= 0.6 is 0 Å². The molecule has 0 radical (unpaired) electrons. The standard InChI is InChI=1S/C22H31NO6S/c1-17(5-4-6-18(2)16-24)11-13-29-20-9-7-19(8-10-20)21(25)15-23-22(26)12-14-30(3,27)28/h6-12,14,21,24-25H,4-5,13,15-16H2,1-3H3,(H,23,26). The van der Waals surface area contributed by atoms with Gasteiger partial charge in [0, 0.05) is 24.3 Å². The van der Waals surface area contributed by atoms with Crippen molar-refractivity contribution in [2.24, 2.45) is 0 Å². The monoisotopic (exact) mass is 437 g/mol. The predicted molar refractivity (Wildman–Crippen MR) is 118 cm³/mol. The second kappa shape index (κ2) is 13.0. The molecule has 0 aliphatic heterocycles. The Bertz CT molecular complexity index is 869. The Morgan fingerprint density at radius 1 is 1.17 bits per heavy atom. The first kappa shape index (κ1) is 25.6. The summed E-state index contributed by atoms with van der Waals surface area (Å²) in [6, 6.07) is 6.88. The Morgan fingerprint density at radius 3 is 2.43 bits per heavy atom. The normalized spacial score (nSPS) is 14.0. The maximum Gasteiger partial charge on any atom is 0.244 e. The molecule has 0 saturated carbocycles. The number of benzene rings is 1. The van der Waals surface area contributed by atoms with E-state index in [2.05, 4.69) is 5.32 Å². The van der Waals surface area contributed by atoms with Crippen LogP contribution in [0.4, 0.5) is 0 Å². The van der Waals surface area contributed by atoms with E-state index in [1.54, 1.807) is 24.3 Å². The minimum atomic E-state index is -3.37. The molecule has 0 saturated heterocycles. The summed E-state index contributed by atoms with van der Waals surface area (Å²) in [7, 11) is -3.37. The largest absolute Gasteiger partial charge is 0.490 e. The molecule has 7 nitrogen and oxygen atoms in total. The fourth-order valence-electron chi connectivity index (χ4n) is 2.34. The summed E-state index contributed by atoms with van der Waals surface area (Å²) >= 11 is 0. The number of hydrogen-bond donors (Lipinski definition) is 3. The van der Waals surface area contributed by atoms with Crippen molar-refractivity contribution >= 4 is 15.7 Å². The van der Waals surface area contributed by atoms with Crippen LogP contribution in [-0.2, 0) is 14.6 Å². The molecule has 0 aromatic heterocycles. The van der Waals surface area contributed by atoms with Gasteiger partial charge in [-0.05, 0) is 50.5 Å². The highest BCUT2D eigenvalue weighted by molar-refractivity contribution is 7.93. The van der Waals surface area contributed by atoms with Crippen molar-refractivity contribution in [3.8, 4) is 5.75 Å². The van der Waals surface area contributed by atoms with E-state index < -0.39 is 21.8 Å². The van der Waals surface area contributed by atoms with Crippen LogP contribution in [0.2, 0.25) is 0 Å². The van der Waals surface area contributed by atoms with E-state index in [-0.39, 0.29) is 13.2 Å². The SMILES string of the molecule is CC(=CCCC(C)=CCOc1ccc(C(O)CNC(=O)C=CS(C)(=O)=O)cc1)CO. The molecule has 0 heterocycles. The number of amides is 1. The molecule has 1 aromatic rings.